The molecule has 0 N–H and O–H groups in total. The lowest BCUT2D eigenvalue weighted by atomic mass is 9.61. The highest BCUT2D eigenvalue weighted by molar-refractivity contribution is 6.73. The van der Waals surface area contributed by atoms with Crippen molar-refractivity contribution < 1.29 is 23.4 Å². The van der Waals surface area contributed by atoms with Gasteiger partial charge in [-0.25, -0.2) is 4.79 Å². The number of carbonyl (C=O) groups is 1. The largest absolute Gasteiger partial charge is 0.497 e. The van der Waals surface area contributed by atoms with Crippen LogP contribution in [0.25, 0.3) is 0 Å². The Kier molecular flexibility index (Phi) is 12.4. The quantitative estimate of drug-likeness (QED) is 0.0991. The number of rotatable bonds is 17. The molecular weight excluding hydrogens is 568 g/mol. The summed E-state index contributed by atoms with van der Waals surface area (Å²) >= 11 is 0. The molecule has 0 radical (unpaired) electrons. The van der Waals surface area contributed by atoms with Gasteiger partial charge in [-0.1, -0.05) is 66.0 Å². The molecule has 0 spiro atoms. The summed E-state index contributed by atoms with van der Waals surface area (Å²) in [5, 5.41) is 4.64. The Morgan fingerprint density at radius 2 is 1.80 bits per heavy atom. The van der Waals surface area contributed by atoms with Gasteiger partial charge < -0.3 is 18.6 Å². The molecule has 1 aromatic carbocycles. The average molecular weight is 627 g/mol. The van der Waals surface area contributed by atoms with Crippen molar-refractivity contribution in [2.75, 3.05) is 13.7 Å². The van der Waals surface area contributed by atoms with Crippen molar-refractivity contribution in [1.29, 1.82) is 0 Å². The first-order valence-corrected chi connectivity index (χ1v) is 19.9. The van der Waals surface area contributed by atoms with Gasteiger partial charge in [-0.2, -0.15) is 0 Å². The van der Waals surface area contributed by atoms with E-state index in [-0.39, 0.29) is 0 Å². The van der Waals surface area contributed by atoms with Crippen LogP contribution in [0.1, 0.15) is 109 Å². The molecule has 2 aromatic rings. The van der Waals surface area contributed by atoms with Crippen LogP contribution in [-0.2, 0) is 22.3 Å². The maximum Gasteiger partial charge on any atom is 0.345 e. The zero-order chi connectivity index (χ0) is 31.7. The van der Waals surface area contributed by atoms with Crippen molar-refractivity contribution in [3.63, 3.8) is 0 Å². The molecule has 0 aliphatic heterocycles. The fourth-order valence-electron chi connectivity index (χ4n) is 8.35. The van der Waals surface area contributed by atoms with Crippen molar-refractivity contribution in [1.82, 2.24) is 9.78 Å². The second-order valence-electron chi connectivity index (χ2n) is 13.5. The molecule has 0 bridgehead atoms. The molecule has 5 atom stereocenters. The lowest BCUT2D eigenvalue weighted by Crippen LogP contribution is -2.48. The lowest BCUT2D eigenvalue weighted by Gasteiger charge is -2.49. The van der Waals surface area contributed by atoms with Crippen molar-refractivity contribution in [2.45, 2.75) is 130 Å². The third-order valence-electron chi connectivity index (χ3n) is 11.2. The summed E-state index contributed by atoms with van der Waals surface area (Å²) in [6.07, 6.45) is 12.3. The number of carbonyl (C=O) groups excluding carboxylic acids is 1. The fraction of sp³-hybridized carbons (Fsp3) is 0.722. The molecule has 2 aliphatic rings. The van der Waals surface area contributed by atoms with Gasteiger partial charge in [0, 0.05) is 18.8 Å². The van der Waals surface area contributed by atoms with E-state index >= 15 is 0 Å². The number of ether oxygens (including phenoxy) is 3. The van der Waals surface area contributed by atoms with E-state index in [1.165, 1.54) is 56.7 Å². The van der Waals surface area contributed by atoms with Crippen LogP contribution in [0.5, 0.6) is 11.6 Å². The summed E-state index contributed by atoms with van der Waals surface area (Å²) in [5.41, 5.74) is 1.77. The third-order valence-corrected chi connectivity index (χ3v) is 15.9. The number of unbranched alkanes of at least 4 members (excludes halogenated alkanes) is 1. The van der Waals surface area contributed by atoms with Crippen molar-refractivity contribution in [3.05, 3.63) is 41.6 Å². The van der Waals surface area contributed by atoms with Gasteiger partial charge in [0.15, 0.2) is 8.32 Å². The number of aryl methyl sites for hydroxylation is 1. The topological polar surface area (TPSA) is 71.8 Å². The number of nitrogens with zero attached hydrogens (tertiary/aromatic N) is 2. The molecular formula is C36H58N2O5Si. The second-order valence-corrected chi connectivity index (χ2v) is 18.3. The van der Waals surface area contributed by atoms with Crippen LogP contribution in [-0.4, -0.2) is 43.9 Å². The maximum absolute atomic E-state index is 12.7. The molecule has 8 heteroatoms. The highest BCUT2D eigenvalue weighted by Gasteiger charge is 2.53. The predicted molar refractivity (Wildman–Crippen MR) is 179 cm³/mol. The molecule has 246 valence electrons. The number of aromatic nitrogens is 2. The van der Waals surface area contributed by atoms with Crippen molar-refractivity contribution >= 4 is 14.3 Å². The minimum absolute atomic E-state index is 0.312. The highest BCUT2D eigenvalue weighted by Crippen LogP contribution is 2.59. The van der Waals surface area contributed by atoms with E-state index in [0.717, 1.165) is 42.5 Å². The summed E-state index contributed by atoms with van der Waals surface area (Å²) in [4.78, 5) is 12.7. The summed E-state index contributed by atoms with van der Waals surface area (Å²) in [5.74, 6) is 2.92. The van der Waals surface area contributed by atoms with Crippen molar-refractivity contribution in [2.24, 2.45) is 23.2 Å². The van der Waals surface area contributed by atoms with Crippen LogP contribution in [0.3, 0.4) is 0 Å². The Labute approximate surface area is 267 Å². The van der Waals surface area contributed by atoms with Gasteiger partial charge in [0.25, 0.3) is 0 Å². The molecule has 2 aliphatic carbocycles. The Morgan fingerprint density at radius 3 is 2.45 bits per heavy atom. The van der Waals surface area contributed by atoms with Crippen molar-refractivity contribution in [3.8, 4) is 11.6 Å². The van der Waals surface area contributed by atoms with Crippen LogP contribution in [0, 0.1) is 23.2 Å². The Bertz CT molecular complexity index is 1170. The van der Waals surface area contributed by atoms with E-state index in [9.17, 15) is 4.79 Å². The Morgan fingerprint density at radius 1 is 1.07 bits per heavy atom. The summed E-state index contributed by atoms with van der Waals surface area (Å²) < 4.78 is 25.5. The van der Waals surface area contributed by atoms with Gasteiger partial charge in [0.05, 0.1) is 13.7 Å². The molecule has 0 amide bonds. The number of esters is 1. The van der Waals surface area contributed by atoms with Gasteiger partial charge in [-0.05, 0) is 98.0 Å². The number of benzene rings is 1. The lowest BCUT2D eigenvalue weighted by molar-refractivity contribution is -0.0203. The maximum atomic E-state index is 12.7. The van der Waals surface area contributed by atoms with Gasteiger partial charge >= 0.3 is 5.97 Å². The minimum Gasteiger partial charge on any atom is -0.497 e. The molecule has 2 fully saturated rings. The van der Waals surface area contributed by atoms with Crippen LogP contribution in [0.15, 0.2) is 30.5 Å². The first-order valence-electron chi connectivity index (χ1n) is 17.4. The van der Waals surface area contributed by atoms with Gasteiger partial charge in [-0.15, -0.1) is 5.10 Å². The zero-order valence-corrected chi connectivity index (χ0v) is 29.5. The van der Waals surface area contributed by atoms with Crippen LogP contribution >= 0.6 is 0 Å². The van der Waals surface area contributed by atoms with Crippen LogP contribution < -0.4 is 9.47 Å². The fourth-order valence-corrected chi connectivity index (χ4v) is 11.3. The molecule has 44 heavy (non-hydrogen) atoms. The number of hydrogen-bond donors (Lipinski definition) is 0. The molecule has 7 nitrogen and oxygen atoms in total. The summed E-state index contributed by atoms with van der Waals surface area (Å²) in [7, 11) is 0.0503. The van der Waals surface area contributed by atoms with E-state index < -0.39 is 14.3 Å². The summed E-state index contributed by atoms with van der Waals surface area (Å²) in [6, 6.07) is 11.4. The zero-order valence-electron chi connectivity index (χ0n) is 28.5. The molecule has 0 saturated heterocycles. The molecule has 1 heterocycles. The van der Waals surface area contributed by atoms with E-state index in [0.29, 0.717) is 42.1 Å². The smallest absolute Gasteiger partial charge is 0.345 e. The van der Waals surface area contributed by atoms with Crippen LogP contribution in [0.4, 0.5) is 0 Å². The first-order chi connectivity index (χ1) is 21.2. The Hall–Kier alpha value is -2.32. The Balaban J connectivity index is 1.31. The molecule has 1 aromatic heterocycles. The SMILES string of the molecule is CCOC(=O)c1cn(CCCCC(C)[C@H]2CC[C@@H]3[C@H](O[Si](CC)(CC)CC)CCC[C@@]23C)nc1OCc1ccc(OC)cc1. The minimum atomic E-state index is -1.60. The molecule has 1 unspecified atom stereocenters. The number of fused-ring (bicyclic) bond motifs is 1. The average Bonchev–Trinajstić information content (AvgIpc) is 3.62. The molecule has 4 rings (SSSR count). The van der Waals surface area contributed by atoms with E-state index in [1.807, 2.05) is 35.9 Å². The first kappa shape index (κ1) is 34.5. The molecule has 2 saturated carbocycles. The number of methoxy groups -OCH3 is 1. The highest BCUT2D eigenvalue weighted by atomic mass is 28.4. The third kappa shape index (κ3) is 7.90. The van der Waals surface area contributed by atoms with E-state index in [1.54, 1.807) is 13.3 Å². The normalized spacial score (nSPS) is 24.1. The van der Waals surface area contributed by atoms with E-state index in [4.69, 9.17) is 18.6 Å². The number of hydrogen-bond acceptors (Lipinski definition) is 6. The van der Waals surface area contributed by atoms with Gasteiger partial charge in [-0.3, -0.25) is 4.68 Å². The van der Waals surface area contributed by atoms with Gasteiger partial charge in [0.1, 0.15) is 17.9 Å². The second kappa shape index (κ2) is 15.8. The standard InChI is InChI=1S/C36H58N2O5Si/c1-8-41-35(39)30-25-38(37-34(30)42-26-28-17-19-29(40-7)20-18-28)24-13-12-15-27(5)31-21-22-32-33(16-14-23-36(31,32)6)43-44(9-2,10-3)11-4/h17-20,25,27,31-33H,8-16,21-24,26H2,1-7H3/t27?,31-,32-,33-,36+/m1/s1. The van der Waals surface area contributed by atoms with Gasteiger partial charge in [0.2, 0.25) is 5.88 Å². The summed E-state index contributed by atoms with van der Waals surface area (Å²) in [6.45, 7) is 15.4. The van der Waals surface area contributed by atoms with E-state index in [2.05, 4.69) is 39.7 Å². The van der Waals surface area contributed by atoms with Crippen LogP contribution in [0.2, 0.25) is 18.1 Å². The monoisotopic (exact) mass is 626 g/mol. The predicted octanol–water partition coefficient (Wildman–Crippen LogP) is 9.06.